The third kappa shape index (κ3) is 5.54. The van der Waals surface area contributed by atoms with Crippen LogP contribution < -0.4 is 15.5 Å². The zero-order valence-corrected chi connectivity index (χ0v) is 27.5. The summed E-state index contributed by atoms with van der Waals surface area (Å²) in [7, 11) is 0. The second-order valence-corrected chi connectivity index (χ2v) is 12.2. The molecule has 0 aliphatic rings. The van der Waals surface area contributed by atoms with Gasteiger partial charge in [-0.3, -0.25) is 0 Å². The van der Waals surface area contributed by atoms with Crippen LogP contribution in [0.3, 0.4) is 0 Å². The number of anilines is 3. The summed E-state index contributed by atoms with van der Waals surface area (Å²) in [6, 6.07) is 60.9. The van der Waals surface area contributed by atoms with E-state index in [0.29, 0.717) is 0 Å². The molecular formula is C47H36N2. The molecule has 1 heterocycles. The molecule has 0 radical (unpaired) electrons. The van der Waals surface area contributed by atoms with Gasteiger partial charge >= 0.3 is 0 Å². The molecule has 0 fully saturated rings. The maximum atomic E-state index is 4.06. The molecule has 8 aromatic rings. The quantitative estimate of drug-likeness (QED) is 0.170. The molecule has 234 valence electrons. The molecule has 0 unspecified atom stereocenters. The van der Waals surface area contributed by atoms with E-state index in [2.05, 4.69) is 205 Å². The van der Waals surface area contributed by atoms with Gasteiger partial charge < -0.3 is 9.47 Å². The Bertz CT molecular complexity index is 2440. The molecule has 0 saturated carbocycles. The number of allylic oxidation sites excluding steroid dienone is 1. The maximum absolute atomic E-state index is 4.06. The van der Waals surface area contributed by atoms with Crippen LogP contribution in [-0.2, 0) is 0 Å². The summed E-state index contributed by atoms with van der Waals surface area (Å²) in [4.78, 5) is 2.36. The smallest absolute Gasteiger partial charge is 0.0620 e. The van der Waals surface area contributed by atoms with Crippen molar-refractivity contribution in [2.24, 2.45) is 0 Å². The standard InChI is InChI=1S/C47H36N2/c1-3-14-46-43(4-2)44-32-26-38-25-31-42(33-45(38)47(44)49(46)39-19-12-7-13-20-39)48(40-27-21-36(22-28-40)34-15-8-5-9-16-34)41-29-23-37(24-30-41)35-17-10-6-11-18-35/h3-33H,1H2,2H3/b43-4-,46-14+. The monoisotopic (exact) mass is 628 g/mol. The number of rotatable bonds is 7. The molecule has 0 saturated heterocycles. The minimum atomic E-state index is 1.09. The lowest BCUT2D eigenvalue weighted by molar-refractivity contribution is 1.07. The van der Waals surface area contributed by atoms with Crippen LogP contribution >= 0.6 is 0 Å². The molecule has 0 aliphatic heterocycles. The molecule has 0 atom stereocenters. The SMILES string of the molecule is C=C/C=c1\c(=C/C)c2ccc3ccc(N(c4ccc(-c5ccccc5)cc4)c4ccc(-c5ccccc5)cc4)cc3c2n1-c1ccccc1. The number of hydrogen-bond donors (Lipinski definition) is 0. The first kappa shape index (κ1) is 30.0. The van der Waals surface area contributed by atoms with E-state index in [1.165, 1.54) is 49.1 Å². The third-order valence-electron chi connectivity index (χ3n) is 9.31. The topological polar surface area (TPSA) is 8.17 Å². The molecule has 0 aliphatic carbocycles. The summed E-state index contributed by atoms with van der Waals surface area (Å²) in [6.07, 6.45) is 6.21. The fourth-order valence-corrected chi connectivity index (χ4v) is 7.01. The molecule has 0 bridgehead atoms. The highest BCUT2D eigenvalue weighted by molar-refractivity contribution is 6.08. The molecule has 0 amide bonds. The Morgan fingerprint density at radius 3 is 1.53 bits per heavy atom. The Kier molecular flexibility index (Phi) is 7.97. The molecule has 8 rings (SSSR count). The predicted molar refractivity (Wildman–Crippen MR) is 210 cm³/mol. The summed E-state index contributed by atoms with van der Waals surface area (Å²) < 4.78 is 2.38. The van der Waals surface area contributed by atoms with Crippen LogP contribution in [0.4, 0.5) is 17.1 Å². The van der Waals surface area contributed by atoms with E-state index >= 15 is 0 Å². The van der Waals surface area contributed by atoms with Crippen LogP contribution in [0.1, 0.15) is 6.92 Å². The van der Waals surface area contributed by atoms with Gasteiger partial charge in [0.25, 0.3) is 0 Å². The molecule has 2 heteroatoms. The molecule has 2 nitrogen and oxygen atoms in total. The first-order valence-corrected chi connectivity index (χ1v) is 16.8. The summed E-state index contributed by atoms with van der Waals surface area (Å²) in [5.74, 6) is 0. The Labute approximate surface area is 287 Å². The van der Waals surface area contributed by atoms with Gasteiger partial charge in [0, 0.05) is 38.7 Å². The highest BCUT2D eigenvalue weighted by Gasteiger charge is 2.17. The highest BCUT2D eigenvalue weighted by Crippen LogP contribution is 2.39. The van der Waals surface area contributed by atoms with Crippen LogP contribution in [0.15, 0.2) is 183 Å². The van der Waals surface area contributed by atoms with E-state index in [1.807, 2.05) is 6.08 Å². The lowest BCUT2D eigenvalue weighted by Crippen LogP contribution is -2.27. The lowest BCUT2D eigenvalue weighted by Gasteiger charge is -2.26. The summed E-state index contributed by atoms with van der Waals surface area (Å²) in [6.45, 7) is 6.18. The van der Waals surface area contributed by atoms with Crippen LogP contribution in [0.2, 0.25) is 0 Å². The lowest BCUT2D eigenvalue weighted by atomic mass is 10.0. The Hall–Kier alpha value is -6.38. The molecule has 49 heavy (non-hydrogen) atoms. The normalized spacial score (nSPS) is 12.1. The first-order valence-electron chi connectivity index (χ1n) is 16.8. The van der Waals surface area contributed by atoms with Crippen molar-refractivity contribution in [1.82, 2.24) is 4.57 Å². The fraction of sp³-hybridized carbons (Fsp3) is 0.0213. The second-order valence-electron chi connectivity index (χ2n) is 12.2. The fourth-order valence-electron chi connectivity index (χ4n) is 7.01. The van der Waals surface area contributed by atoms with Crippen LogP contribution in [0.25, 0.3) is 61.8 Å². The van der Waals surface area contributed by atoms with Gasteiger partial charge in [-0.1, -0.05) is 140 Å². The maximum Gasteiger partial charge on any atom is 0.0620 e. The second kappa shape index (κ2) is 13.0. The minimum absolute atomic E-state index is 1.09. The van der Waals surface area contributed by atoms with Crippen molar-refractivity contribution in [3.8, 4) is 27.9 Å². The summed E-state index contributed by atoms with van der Waals surface area (Å²) >= 11 is 0. The Balaban J connectivity index is 1.36. The van der Waals surface area contributed by atoms with Crippen molar-refractivity contribution in [3.63, 3.8) is 0 Å². The van der Waals surface area contributed by atoms with E-state index in [1.54, 1.807) is 0 Å². The molecular weight excluding hydrogens is 593 g/mol. The van der Waals surface area contributed by atoms with E-state index in [-0.39, 0.29) is 0 Å². The zero-order valence-electron chi connectivity index (χ0n) is 27.5. The van der Waals surface area contributed by atoms with Crippen molar-refractivity contribution in [2.75, 3.05) is 4.90 Å². The Morgan fingerprint density at radius 2 is 1.00 bits per heavy atom. The Morgan fingerprint density at radius 1 is 0.510 bits per heavy atom. The van der Waals surface area contributed by atoms with E-state index < -0.39 is 0 Å². The van der Waals surface area contributed by atoms with Crippen molar-refractivity contribution in [3.05, 3.63) is 193 Å². The van der Waals surface area contributed by atoms with Crippen LogP contribution in [0, 0.1) is 0 Å². The van der Waals surface area contributed by atoms with Gasteiger partial charge in [0.05, 0.1) is 10.9 Å². The molecule has 0 N–H and O–H groups in total. The summed E-state index contributed by atoms with van der Waals surface area (Å²) in [5.41, 5.74) is 10.4. The van der Waals surface area contributed by atoms with E-state index in [9.17, 15) is 0 Å². The van der Waals surface area contributed by atoms with Crippen molar-refractivity contribution in [2.45, 2.75) is 6.92 Å². The van der Waals surface area contributed by atoms with Gasteiger partial charge in [-0.2, -0.15) is 0 Å². The van der Waals surface area contributed by atoms with Gasteiger partial charge in [0.15, 0.2) is 0 Å². The van der Waals surface area contributed by atoms with Gasteiger partial charge in [0.1, 0.15) is 0 Å². The van der Waals surface area contributed by atoms with E-state index in [4.69, 9.17) is 0 Å². The number of fused-ring (bicyclic) bond motifs is 3. The van der Waals surface area contributed by atoms with E-state index in [0.717, 1.165) is 28.1 Å². The number of benzene rings is 7. The van der Waals surface area contributed by atoms with Gasteiger partial charge in [-0.15, -0.1) is 0 Å². The molecule has 7 aromatic carbocycles. The number of hydrogen-bond acceptors (Lipinski definition) is 1. The van der Waals surface area contributed by atoms with Crippen molar-refractivity contribution >= 4 is 50.9 Å². The third-order valence-corrected chi connectivity index (χ3v) is 9.31. The van der Waals surface area contributed by atoms with Crippen LogP contribution in [-0.4, -0.2) is 4.57 Å². The van der Waals surface area contributed by atoms with Gasteiger partial charge in [-0.25, -0.2) is 0 Å². The molecule has 1 aromatic heterocycles. The number of aromatic nitrogens is 1. The average Bonchev–Trinajstić information content (AvgIpc) is 3.50. The largest absolute Gasteiger partial charge is 0.310 e. The minimum Gasteiger partial charge on any atom is -0.310 e. The number of para-hydroxylation sites is 1. The predicted octanol–water partition coefficient (Wildman–Crippen LogP) is 11.4. The average molecular weight is 629 g/mol. The highest BCUT2D eigenvalue weighted by atomic mass is 15.1. The first-order chi connectivity index (χ1) is 24.2. The molecule has 0 spiro atoms. The summed E-state index contributed by atoms with van der Waals surface area (Å²) in [5, 5.41) is 5.93. The van der Waals surface area contributed by atoms with Gasteiger partial charge in [-0.05, 0) is 89.2 Å². The van der Waals surface area contributed by atoms with Crippen molar-refractivity contribution in [1.29, 1.82) is 0 Å². The number of nitrogens with zero attached hydrogens (tertiary/aromatic N) is 2. The zero-order chi connectivity index (χ0) is 33.2. The van der Waals surface area contributed by atoms with Crippen LogP contribution in [0.5, 0.6) is 0 Å². The van der Waals surface area contributed by atoms with Gasteiger partial charge in [0.2, 0.25) is 0 Å². The van der Waals surface area contributed by atoms with Crippen molar-refractivity contribution < 1.29 is 0 Å².